The van der Waals surface area contributed by atoms with Gasteiger partial charge in [0, 0.05) is 12.3 Å². The largest absolute Gasteiger partial charge is 0.396 e. The van der Waals surface area contributed by atoms with Gasteiger partial charge in [-0.2, -0.15) is 0 Å². The number of benzene rings is 2. The van der Waals surface area contributed by atoms with E-state index >= 15 is 0 Å². The minimum Gasteiger partial charge on any atom is -0.396 e. The van der Waals surface area contributed by atoms with Gasteiger partial charge < -0.3 is 15.7 Å². The maximum atomic E-state index is 13.1. The van der Waals surface area contributed by atoms with Crippen molar-refractivity contribution in [3.05, 3.63) is 65.5 Å². The molecule has 2 aromatic carbocycles. The third-order valence-electron chi connectivity index (χ3n) is 3.59. The van der Waals surface area contributed by atoms with Crippen molar-refractivity contribution >= 4 is 11.7 Å². The number of aryl methyl sites for hydroxylation is 1. The van der Waals surface area contributed by atoms with E-state index < -0.39 is 0 Å². The molecule has 0 radical (unpaired) electrons. The molecule has 2 aromatic rings. The van der Waals surface area contributed by atoms with Gasteiger partial charge in [-0.05, 0) is 49.1 Å². The van der Waals surface area contributed by atoms with Crippen LogP contribution in [0.25, 0.3) is 0 Å². The predicted molar refractivity (Wildman–Crippen MR) is 88.8 cm³/mol. The fraction of sp³-hybridized carbons (Fsp3) is 0.278. The Bertz CT molecular complexity index is 647. The topological polar surface area (TPSA) is 61.4 Å². The van der Waals surface area contributed by atoms with E-state index in [4.69, 9.17) is 5.11 Å². The molecule has 0 bridgehead atoms. The Morgan fingerprint density at radius 1 is 1.22 bits per heavy atom. The van der Waals surface area contributed by atoms with Crippen molar-refractivity contribution in [3.8, 4) is 0 Å². The van der Waals surface area contributed by atoms with Crippen molar-refractivity contribution in [2.75, 3.05) is 11.9 Å². The lowest BCUT2D eigenvalue weighted by Crippen LogP contribution is -2.33. The van der Waals surface area contributed by atoms with Crippen LogP contribution in [0.4, 0.5) is 14.9 Å². The van der Waals surface area contributed by atoms with Crippen molar-refractivity contribution in [3.63, 3.8) is 0 Å². The summed E-state index contributed by atoms with van der Waals surface area (Å²) in [6, 6.07) is 13.3. The maximum Gasteiger partial charge on any atom is 0.319 e. The minimum absolute atomic E-state index is 0.0731. The predicted octanol–water partition coefficient (Wildman–Crippen LogP) is 3.77. The average Bonchev–Trinajstić information content (AvgIpc) is 2.55. The summed E-state index contributed by atoms with van der Waals surface area (Å²) in [6.07, 6.45) is 1.23. The Morgan fingerprint density at radius 2 is 1.96 bits per heavy atom. The number of halogens is 1. The molecule has 2 rings (SSSR count). The number of urea groups is 1. The third kappa shape index (κ3) is 5.07. The van der Waals surface area contributed by atoms with Crippen LogP contribution in [0.15, 0.2) is 48.5 Å². The molecule has 0 saturated heterocycles. The van der Waals surface area contributed by atoms with Crippen LogP contribution in [-0.2, 0) is 0 Å². The zero-order valence-corrected chi connectivity index (χ0v) is 13.1. The molecule has 2 amide bonds. The van der Waals surface area contributed by atoms with E-state index in [9.17, 15) is 9.18 Å². The number of hydrogen-bond donors (Lipinski definition) is 3. The molecule has 0 heterocycles. The molecule has 1 atom stereocenters. The van der Waals surface area contributed by atoms with Crippen LogP contribution in [0.5, 0.6) is 0 Å². The molecule has 3 N–H and O–H groups in total. The summed E-state index contributed by atoms with van der Waals surface area (Å²) in [5, 5.41) is 14.7. The number of carbonyl (C=O) groups excluding carboxylic acids is 1. The second-order valence-corrected chi connectivity index (χ2v) is 5.39. The number of anilines is 1. The summed E-state index contributed by atoms with van der Waals surface area (Å²) in [4.78, 5) is 12.2. The zero-order valence-electron chi connectivity index (χ0n) is 13.1. The molecule has 4 nitrogen and oxygen atoms in total. The SMILES string of the molecule is Cc1cc(F)ccc1NC(=O)N[C@@H](CCCO)c1ccccc1. The molecule has 0 fully saturated rings. The summed E-state index contributed by atoms with van der Waals surface area (Å²) in [7, 11) is 0. The first-order valence-corrected chi connectivity index (χ1v) is 7.59. The van der Waals surface area contributed by atoms with Gasteiger partial charge in [-0.15, -0.1) is 0 Å². The first-order valence-electron chi connectivity index (χ1n) is 7.59. The second-order valence-electron chi connectivity index (χ2n) is 5.39. The highest BCUT2D eigenvalue weighted by molar-refractivity contribution is 5.90. The summed E-state index contributed by atoms with van der Waals surface area (Å²) in [6.45, 7) is 1.81. The second kappa shape index (κ2) is 8.29. The van der Waals surface area contributed by atoms with Crippen LogP contribution in [0.3, 0.4) is 0 Å². The van der Waals surface area contributed by atoms with Crippen molar-refractivity contribution in [1.82, 2.24) is 5.32 Å². The molecule has 0 aliphatic rings. The van der Waals surface area contributed by atoms with E-state index in [0.717, 1.165) is 5.56 Å². The molecule has 0 aromatic heterocycles. The molecule has 23 heavy (non-hydrogen) atoms. The number of hydrogen-bond acceptors (Lipinski definition) is 2. The van der Waals surface area contributed by atoms with Gasteiger partial charge in [-0.25, -0.2) is 9.18 Å². The molecule has 0 spiro atoms. The minimum atomic E-state index is -0.355. The van der Waals surface area contributed by atoms with Crippen molar-refractivity contribution in [2.24, 2.45) is 0 Å². The van der Waals surface area contributed by atoms with Gasteiger partial charge in [0.2, 0.25) is 0 Å². The molecular weight excluding hydrogens is 295 g/mol. The van der Waals surface area contributed by atoms with Crippen LogP contribution in [-0.4, -0.2) is 17.7 Å². The molecule has 0 aliphatic carbocycles. The average molecular weight is 316 g/mol. The van der Waals surface area contributed by atoms with Crippen LogP contribution in [0, 0.1) is 12.7 Å². The van der Waals surface area contributed by atoms with Gasteiger partial charge in [-0.3, -0.25) is 0 Å². The Hall–Kier alpha value is -2.40. The van der Waals surface area contributed by atoms with E-state index in [0.29, 0.717) is 24.1 Å². The fourth-order valence-electron chi connectivity index (χ4n) is 2.39. The quantitative estimate of drug-likeness (QED) is 0.759. The lowest BCUT2D eigenvalue weighted by molar-refractivity contribution is 0.243. The normalized spacial score (nSPS) is 11.8. The highest BCUT2D eigenvalue weighted by Gasteiger charge is 2.14. The summed E-state index contributed by atoms with van der Waals surface area (Å²) < 4.78 is 13.1. The van der Waals surface area contributed by atoms with Crippen LogP contribution >= 0.6 is 0 Å². The fourth-order valence-corrected chi connectivity index (χ4v) is 2.39. The summed E-state index contributed by atoms with van der Waals surface area (Å²) in [5.41, 5.74) is 2.21. The maximum absolute atomic E-state index is 13.1. The smallest absolute Gasteiger partial charge is 0.319 e. The third-order valence-corrected chi connectivity index (χ3v) is 3.59. The monoisotopic (exact) mass is 316 g/mol. The number of aliphatic hydroxyl groups excluding tert-OH is 1. The number of carbonyl (C=O) groups is 1. The number of nitrogens with one attached hydrogen (secondary N) is 2. The van der Waals surface area contributed by atoms with Crippen molar-refractivity contribution in [1.29, 1.82) is 0 Å². The lowest BCUT2D eigenvalue weighted by Gasteiger charge is -2.20. The molecule has 0 saturated carbocycles. The number of amides is 2. The summed E-state index contributed by atoms with van der Waals surface area (Å²) in [5.74, 6) is -0.335. The van der Waals surface area contributed by atoms with Gasteiger partial charge in [0.15, 0.2) is 0 Å². The van der Waals surface area contributed by atoms with Gasteiger partial charge in [0.1, 0.15) is 5.82 Å². The molecular formula is C18H21FN2O2. The van der Waals surface area contributed by atoms with E-state index in [1.165, 1.54) is 18.2 Å². The van der Waals surface area contributed by atoms with E-state index in [2.05, 4.69) is 10.6 Å². The van der Waals surface area contributed by atoms with Gasteiger partial charge in [0.25, 0.3) is 0 Å². The number of aliphatic hydroxyl groups is 1. The Labute approximate surface area is 135 Å². The van der Waals surface area contributed by atoms with Crippen molar-refractivity contribution in [2.45, 2.75) is 25.8 Å². The van der Waals surface area contributed by atoms with Crippen LogP contribution in [0.1, 0.15) is 30.0 Å². The number of rotatable bonds is 6. The summed E-state index contributed by atoms with van der Waals surface area (Å²) >= 11 is 0. The Balaban J connectivity index is 2.05. The highest BCUT2D eigenvalue weighted by Crippen LogP contribution is 2.19. The highest BCUT2D eigenvalue weighted by atomic mass is 19.1. The van der Waals surface area contributed by atoms with Gasteiger partial charge in [-0.1, -0.05) is 30.3 Å². The molecule has 122 valence electrons. The Morgan fingerprint density at radius 3 is 2.61 bits per heavy atom. The van der Waals surface area contributed by atoms with E-state index in [1.807, 2.05) is 30.3 Å². The van der Waals surface area contributed by atoms with Gasteiger partial charge >= 0.3 is 6.03 Å². The molecule has 0 unspecified atom stereocenters. The lowest BCUT2D eigenvalue weighted by atomic mass is 10.0. The van der Waals surface area contributed by atoms with Crippen molar-refractivity contribution < 1.29 is 14.3 Å². The standard InChI is InChI=1S/C18H21FN2O2/c1-13-12-15(19)9-10-16(13)20-18(23)21-17(8-5-11-22)14-6-3-2-4-7-14/h2-4,6-7,9-10,12,17,22H,5,8,11H2,1H3,(H2,20,21,23)/t17-/m0/s1. The molecule has 5 heteroatoms. The van der Waals surface area contributed by atoms with Crippen LogP contribution in [0.2, 0.25) is 0 Å². The first kappa shape index (κ1) is 17.0. The molecule has 0 aliphatic heterocycles. The Kier molecular flexibility index (Phi) is 6.11. The van der Waals surface area contributed by atoms with Crippen LogP contribution < -0.4 is 10.6 Å². The zero-order chi connectivity index (χ0) is 16.7. The van der Waals surface area contributed by atoms with E-state index in [-0.39, 0.29) is 24.5 Å². The van der Waals surface area contributed by atoms with E-state index in [1.54, 1.807) is 6.92 Å². The van der Waals surface area contributed by atoms with Gasteiger partial charge in [0.05, 0.1) is 6.04 Å². The first-order chi connectivity index (χ1) is 11.1.